The second kappa shape index (κ2) is 11.2. The van der Waals surface area contributed by atoms with Gasteiger partial charge in [-0.25, -0.2) is 4.98 Å². The standard InChI is InChI=1S/C27H34N4O2/c1-29(2)25-8-4-6-22(16-25)20-31(21-23-7-5-9-26(17-23)32-3)27-11-10-24(18-28-27)19-30-12-14-33-15-13-30/h4-11,16-18H,12-15,19-21H2,1-3H3. The molecular formula is C27H34N4O2. The van der Waals surface area contributed by atoms with Crippen LogP contribution in [0.3, 0.4) is 0 Å². The van der Waals surface area contributed by atoms with Crippen LogP contribution in [0.25, 0.3) is 0 Å². The molecule has 0 saturated carbocycles. The summed E-state index contributed by atoms with van der Waals surface area (Å²) in [5.74, 6) is 1.84. The molecule has 1 fully saturated rings. The lowest BCUT2D eigenvalue weighted by molar-refractivity contribution is 0.0341. The Bertz CT molecular complexity index is 1020. The van der Waals surface area contributed by atoms with Crippen LogP contribution < -0.4 is 14.5 Å². The molecule has 174 valence electrons. The van der Waals surface area contributed by atoms with E-state index in [1.165, 1.54) is 22.4 Å². The molecule has 0 aliphatic carbocycles. The van der Waals surface area contributed by atoms with Crippen molar-refractivity contribution in [2.45, 2.75) is 19.6 Å². The molecule has 2 aromatic carbocycles. The lowest BCUT2D eigenvalue weighted by Gasteiger charge is -2.27. The SMILES string of the molecule is COc1cccc(CN(Cc2cccc(N(C)C)c2)c2ccc(CN3CCOCC3)cn2)c1. The Kier molecular flexibility index (Phi) is 7.81. The number of nitrogens with zero attached hydrogens (tertiary/aromatic N) is 4. The summed E-state index contributed by atoms with van der Waals surface area (Å²) in [6.07, 6.45) is 2.01. The Labute approximate surface area is 197 Å². The fourth-order valence-corrected chi connectivity index (χ4v) is 4.08. The maximum atomic E-state index is 5.46. The highest BCUT2D eigenvalue weighted by Crippen LogP contribution is 2.23. The number of rotatable bonds is 9. The molecule has 4 rings (SSSR count). The lowest BCUT2D eigenvalue weighted by atomic mass is 10.1. The van der Waals surface area contributed by atoms with Crippen molar-refractivity contribution in [3.63, 3.8) is 0 Å². The van der Waals surface area contributed by atoms with Crippen LogP contribution >= 0.6 is 0 Å². The largest absolute Gasteiger partial charge is 0.497 e. The van der Waals surface area contributed by atoms with Crippen LogP contribution in [0, 0.1) is 0 Å². The van der Waals surface area contributed by atoms with E-state index < -0.39 is 0 Å². The maximum absolute atomic E-state index is 5.46. The van der Waals surface area contributed by atoms with E-state index in [0.717, 1.165) is 57.5 Å². The molecule has 0 atom stereocenters. The van der Waals surface area contributed by atoms with Crippen molar-refractivity contribution in [3.05, 3.63) is 83.6 Å². The van der Waals surface area contributed by atoms with Crippen LogP contribution in [-0.4, -0.2) is 57.4 Å². The first-order valence-electron chi connectivity index (χ1n) is 11.5. The molecule has 0 unspecified atom stereocenters. The van der Waals surface area contributed by atoms with Crippen LogP contribution in [0.4, 0.5) is 11.5 Å². The molecular weight excluding hydrogens is 412 g/mol. The minimum absolute atomic E-state index is 0.749. The van der Waals surface area contributed by atoms with Crippen molar-refractivity contribution in [2.75, 3.05) is 57.3 Å². The van der Waals surface area contributed by atoms with Crippen molar-refractivity contribution in [1.29, 1.82) is 0 Å². The third kappa shape index (κ3) is 6.46. The van der Waals surface area contributed by atoms with Gasteiger partial charge in [-0.1, -0.05) is 30.3 Å². The van der Waals surface area contributed by atoms with E-state index in [1.807, 2.05) is 18.3 Å². The van der Waals surface area contributed by atoms with Crippen molar-refractivity contribution in [1.82, 2.24) is 9.88 Å². The number of hydrogen-bond acceptors (Lipinski definition) is 6. The predicted molar refractivity (Wildman–Crippen MR) is 134 cm³/mol. The van der Waals surface area contributed by atoms with Crippen molar-refractivity contribution >= 4 is 11.5 Å². The summed E-state index contributed by atoms with van der Waals surface area (Å²) in [7, 11) is 5.85. The maximum Gasteiger partial charge on any atom is 0.129 e. The van der Waals surface area contributed by atoms with E-state index in [2.05, 4.69) is 77.3 Å². The average Bonchev–Trinajstić information content (AvgIpc) is 2.85. The van der Waals surface area contributed by atoms with E-state index in [4.69, 9.17) is 14.5 Å². The van der Waals surface area contributed by atoms with Gasteiger partial charge in [-0.3, -0.25) is 4.90 Å². The van der Waals surface area contributed by atoms with Crippen LogP contribution in [0.15, 0.2) is 66.9 Å². The summed E-state index contributed by atoms with van der Waals surface area (Å²) in [6.45, 7) is 6.01. The summed E-state index contributed by atoms with van der Waals surface area (Å²) < 4.78 is 10.9. The first-order valence-corrected chi connectivity index (χ1v) is 11.5. The number of methoxy groups -OCH3 is 1. The Morgan fingerprint density at radius 3 is 2.30 bits per heavy atom. The molecule has 0 spiro atoms. The average molecular weight is 447 g/mol. The highest BCUT2D eigenvalue weighted by molar-refractivity contribution is 5.49. The second-order valence-corrected chi connectivity index (χ2v) is 8.69. The smallest absolute Gasteiger partial charge is 0.129 e. The first kappa shape index (κ1) is 23.1. The highest BCUT2D eigenvalue weighted by atomic mass is 16.5. The minimum atomic E-state index is 0.749. The highest BCUT2D eigenvalue weighted by Gasteiger charge is 2.14. The van der Waals surface area contributed by atoms with E-state index in [1.54, 1.807) is 7.11 Å². The molecule has 3 aromatic rings. The summed E-state index contributed by atoms with van der Waals surface area (Å²) in [5.41, 5.74) is 4.87. The molecule has 6 heteroatoms. The number of morpholine rings is 1. The molecule has 0 radical (unpaired) electrons. The molecule has 33 heavy (non-hydrogen) atoms. The van der Waals surface area contributed by atoms with Crippen LogP contribution in [0.2, 0.25) is 0 Å². The normalized spacial score (nSPS) is 14.2. The van der Waals surface area contributed by atoms with E-state index >= 15 is 0 Å². The molecule has 1 aliphatic heterocycles. The van der Waals surface area contributed by atoms with Gasteiger partial charge in [0.2, 0.25) is 0 Å². The van der Waals surface area contributed by atoms with Gasteiger partial charge in [-0.15, -0.1) is 0 Å². The predicted octanol–water partition coefficient (Wildman–Crippen LogP) is 4.20. The summed E-state index contributed by atoms with van der Waals surface area (Å²) >= 11 is 0. The van der Waals surface area contributed by atoms with E-state index in [-0.39, 0.29) is 0 Å². The quantitative estimate of drug-likeness (QED) is 0.491. The fraction of sp³-hybridized carbons (Fsp3) is 0.370. The molecule has 1 aliphatic rings. The second-order valence-electron chi connectivity index (χ2n) is 8.69. The van der Waals surface area contributed by atoms with Crippen LogP contribution in [-0.2, 0) is 24.4 Å². The number of benzene rings is 2. The number of aromatic nitrogens is 1. The fourth-order valence-electron chi connectivity index (χ4n) is 4.08. The van der Waals surface area contributed by atoms with Gasteiger partial charge in [0.1, 0.15) is 11.6 Å². The third-order valence-electron chi connectivity index (χ3n) is 5.95. The minimum Gasteiger partial charge on any atom is -0.497 e. The molecule has 0 N–H and O–H groups in total. The van der Waals surface area contributed by atoms with Crippen molar-refractivity contribution in [2.24, 2.45) is 0 Å². The first-order chi connectivity index (χ1) is 16.1. The molecule has 1 aromatic heterocycles. The molecule has 6 nitrogen and oxygen atoms in total. The van der Waals surface area contributed by atoms with Crippen molar-refractivity contribution < 1.29 is 9.47 Å². The van der Waals surface area contributed by atoms with E-state index in [0.29, 0.717) is 0 Å². The molecule has 0 amide bonds. The monoisotopic (exact) mass is 446 g/mol. The summed E-state index contributed by atoms with van der Waals surface area (Å²) in [4.78, 5) is 11.7. The Morgan fingerprint density at radius 2 is 1.64 bits per heavy atom. The lowest BCUT2D eigenvalue weighted by Crippen LogP contribution is -2.35. The van der Waals surface area contributed by atoms with Crippen LogP contribution in [0.1, 0.15) is 16.7 Å². The zero-order chi connectivity index (χ0) is 23.0. The van der Waals surface area contributed by atoms with Gasteiger partial charge < -0.3 is 19.3 Å². The number of anilines is 2. The Balaban J connectivity index is 1.55. The summed E-state index contributed by atoms with van der Waals surface area (Å²) in [5, 5.41) is 0. The summed E-state index contributed by atoms with van der Waals surface area (Å²) in [6, 6.07) is 21.3. The number of ether oxygens (including phenoxy) is 2. The van der Waals surface area contributed by atoms with Gasteiger partial charge in [0.15, 0.2) is 0 Å². The van der Waals surface area contributed by atoms with Crippen molar-refractivity contribution in [3.8, 4) is 5.75 Å². The van der Waals surface area contributed by atoms with Gasteiger partial charge in [0.25, 0.3) is 0 Å². The van der Waals surface area contributed by atoms with Gasteiger partial charge in [-0.2, -0.15) is 0 Å². The Morgan fingerprint density at radius 1 is 0.909 bits per heavy atom. The zero-order valence-corrected chi connectivity index (χ0v) is 19.9. The zero-order valence-electron chi connectivity index (χ0n) is 19.9. The van der Waals surface area contributed by atoms with Crippen LogP contribution in [0.5, 0.6) is 5.75 Å². The Hall–Kier alpha value is -3.09. The van der Waals surface area contributed by atoms with E-state index in [9.17, 15) is 0 Å². The number of pyridine rings is 1. The third-order valence-corrected chi connectivity index (χ3v) is 5.95. The topological polar surface area (TPSA) is 41.1 Å². The van der Waals surface area contributed by atoms with Gasteiger partial charge in [0.05, 0.1) is 20.3 Å². The molecule has 2 heterocycles. The molecule has 1 saturated heterocycles. The van der Waals surface area contributed by atoms with Gasteiger partial charge >= 0.3 is 0 Å². The van der Waals surface area contributed by atoms with Gasteiger partial charge in [0, 0.05) is 58.7 Å². The number of hydrogen-bond donors (Lipinski definition) is 0. The van der Waals surface area contributed by atoms with Gasteiger partial charge in [-0.05, 0) is 47.0 Å². The molecule has 0 bridgehead atoms.